The maximum absolute atomic E-state index is 12.9. The topological polar surface area (TPSA) is 55.4 Å². The molecule has 3 rings (SSSR count). The lowest BCUT2D eigenvalue weighted by molar-refractivity contribution is -0.137. The highest BCUT2D eigenvalue weighted by molar-refractivity contribution is 7.89. The highest BCUT2D eigenvalue weighted by Gasteiger charge is 2.30. The number of benzene rings is 3. The Morgan fingerprint density at radius 1 is 0.871 bits per heavy atom. The first-order valence-corrected chi connectivity index (χ1v) is 11.0. The van der Waals surface area contributed by atoms with E-state index >= 15 is 0 Å². The minimum absolute atomic E-state index is 0.0199. The number of sulfonamides is 1. The minimum Gasteiger partial charge on any atom is -0.497 e. The van der Waals surface area contributed by atoms with Gasteiger partial charge in [-0.25, -0.2) is 13.1 Å². The molecule has 0 aromatic heterocycles. The Balaban J connectivity index is 1.91. The third-order valence-electron chi connectivity index (χ3n) is 4.97. The number of ether oxygens (including phenoxy) is 1. The Bertz CT molecular complexity index is 1110. The monoisotopic (exact) mass is 449 g/mol. The first kappa shape index (κ1) is 22.8. The molecule has 0 aliphatic carbocycles. The van der Waals surface area contributed by atoms with Crippen molar-refractivity contribution < 1.29 is 26.3 Å². The Hall–Kier alpha value is -2.84. The van der Waals surface area contributed by atoms with Gasteiger partial charge < -0.3 is 4.74 Å². The van der Waals surface area contributed by atoms with E-state index in [1.807, 2.05) is 6.92 Å². The molecular formula is C23H22F3NO3S. The van der Waals surface area contributed by atoms with Gasteiger partial charge in [0.2, 0.25) is 10.0 Å². The molecule has 0 fully saturated rings. The summed E-state index contributed by atoms with van der Waals surface area (Å²) in [4.78, 5) is 0.124. The molecular weight excluding hydrogens is 427 g/mol. The summed E-state index contributed by atoms with van der Waals surface area (Å²) in [7, 11) is -2.26. The molecule has 0 aliphatic heterocycles. The molecule has 0 aliphatic rings. The Morgan fingerprint density at radius 2 is 1.39 bits per heavy atom. The average Bonchev–Trinajstić information content (AvgIpc) is 2.74. The van der Waals surface area contributed by atoms with Gasteiger partial charge >= 0.3 is 6.18 Å². The van der Waals surface area contributed by atoms with E-state index in [1.165, 1.54) is 31.4 Å². The van der Waals surface area contributed by atoms with Gasteiger partial charge in [-0.3, -0.25) is 0 Å². The van der Waals surface area contributed by atoms with Crippen LogP contribution in [0.2, 0.25) is 0 Å². The Labute approximate surface area is 179 Å². The molecule has 164 valence electrons. The van der Waals surface area contributed by atoms with Crippen LogP contribution in [0.25, 0.3) is 0 Å². The van der Waals surface area contributed by atoms with Gasteiger partial charge in [-0.2, -0.15) is 13.2 Å². The fourth-order valence-electron chi connectivity index (χ4n) is 3.16. The molecule has 3 aromatic rings. The highest BCUT2D eigenvalue weighted by Crippen LogP contribution is 2.32. The normalized spacial score (nSPS) is 13.1. The molecule has 0 saturated heterocycles. The van der Waals surface area contributed by atoms with E-state index < -0.39 is 27.7 Å². The first-order valence-electron chi connectivity index (χ1n) is 9.47. The zero-order chi connectivity index (χ0) is 22.6. The average molecular weight is 449 g/mol. The van der Waals surface area contributed by atoms with Crippen molar-refractivity contribution in [3.8, 4) is 5.75 Å². The molecule has 0 radical (unpaired) electrons. The van der Waals surface area contributed by atoms with Gasteiger partial charge in [0.05, 0.1) is 17.6 Å². The quantitative estimate of drug-likeness (QED) is 0.544. The van der Waals surface area contributed by atoms with Gasteiger partial charge in [0.15, 0.2) is 0 Å². The smallest absolute Gasteiger partial charge is 0.416 e. The summed E-state index contributed by atoms with van der Waals surface area (Å²) in [6.45, 7) is 1.84. The molecule has 0 saturated carbocycles. The molecule has 8 heteroatoms. The third-order valence-corrected chi connectivity index (χ3v) is 6.41. The predicted molar refractivity (Wildman–Crippen MR) is 113 cm³/mol. The fraction of sp³-hybridized carbons (Fsp3) is 0.217. The summed E-state index contributed by atoms with van der Waals surface area (Å²) in [5.74, 6) is 0.128. The van der Waals surface area contributed by atoms with E-state index in [1.54, 1.807) is 36.4 Å². The van der Waals surface area contributed by atoms with E-state index in [-0.39, 0.29) is 11.4 Å². The molecule has 1 N–H and O–H groups in total. The van der Waals surface area contributed by atoms with E-state index in [2.05, 4.69) is 4.72 Å². The zero-order valence-electron chi connectivity index (χ0n) is 17.0. The van der Waals surface area contributed by atoms with Crippen molar-refractivity contribution in [3.05, 3.63) is 95.1 Å². The second kappa shape index (κ2) is 9.11. The summed E-state index contributed by atoms with van der Waals surface area (Å²) in [6.07, 6.45) is -4.44. The van der Waals surface area contributed by atoms with Crippen LogP contribution < -0.4 is 9.46 Å². The molecule has 1 atom stereocenters. The highest BCUT2D eigenvalue weighted by atomic mass is 32.2. The minimum atomic E-state index is -4.44. The zero-order valence-corrected chi connectivity index (χ0v) is 17.8. The molecule has 0 amide bonds. The largest absolute Gasteiger partial charge is 0.497 e. The molecule has 0 bridgehead atoms. The van der Waals surface area contributed by atoms with Crippen LogP contribution in [0, 0.1) is 6.92 Å². The molecule has 0 heterocycles. The number of aryl methyl sites for hydroxylation is 1. The van der Waals surface area contributed by atoms with Crippen LogP contribution in [0.3, 0.4) is 0 Å². The van der Waals surface area contributed by atoms with Crippen molar-refractivity contribution >= 4 is 10.0 Å². The van der Waals surface area contributed by atoms with Gasteiger partial charge in [0, 0.05) is 12.5 Å². The van der Waals surface area contributed by atoms with E-state index in [0.29, 0.717) is 11.3 Å². The van der Waals surface area contributed by atoms with Crippen molar-refractivity contribution in [2.45, 2.75) is 23.9 Å². The van der Waals surface area contributed by atoms with Gasteiger partial charge in [0.1, 0.15) is 5.75 Å². The standard InChI is InChI=1S/C23H22F3NO3S/c1-16-3-13-21(14-4-16)31(28,29)27-15-22(18-7-11-20(30-2)12-8-18)17-5-9-19(10-6-17)23(24,25)26/h3-14,22,27H,15H2,1-2H3/t22-/m1/s1. The van der Waals surface area contributed by atoms with Crippen molar-refractivity contribution in [1.29, 1.82) is 0 Å². The number of hydrogen-bond acceptors (Lipinski definition) is 3. The third kappa shape index (κ3) is 5.65. The SMILES string of the molecule is COc1ccc([C@H](CNS(=O)(=O)c2ccc(C)cc2)c2ccc(C(F)(F)F)cc2)cc1. The maximum atomic E-state index is 12.9. The summed E-state index contributed by atoms with van der Waals surface area (Å²) in [5.41, 5.74) is 1.47. The lowest BCUT2D eigenvalue weighted by Crippen LogP contribution is -2.29. The lowest BCUT2D eigenvalue weighted by Gasteiger charge is -2.20. The molecule has 3 aromatic carbocycles. The van der Waals surface area contributed by atoms with Crippen LogP contribution >= 0.6 is 0 Å². The Morgan fingerprint density at radius 3 is 1.87 bits per heavy atom. The van der Waals surface area contributed by atoms with Gasteiger partial charge in [0.25, 0.3) is 0 Å². The van der Waals surface area contributed by atoms with Crippen LogP contribution in [0.1, 0.15) is 28.2 Å². The number of halogens is 3. The van der Waals surface area contributed by atoms with E-state index in [4.69, 9.17) is 4.74 Å². The summed E-state index contributed by atoms with van der Waals surface area (Å²) < 4.78 is 72.0. The van der Waals surface area contributed by atoms with Gasteiger partial charge in [-0.15, -0.1) is 0 Å². The van der Waals surface area contributed by atoms with Crippen LogP contribution in [0.4, 0.5) is 13.2 Å². The molecule has 31 heavy (non-hydrogen) atoms. The first-order chi connectivity index (χ1) is 14.6. The summed E-state index contributed by atoms with van der Waals surface area (Å²) in [5, 5.41) is 0. The number of hydrogen-bond donors (Lipinski definition) is 1. The number of nitrogens with one attached hydrogen (secondary N) is 1. The van der Waals surface area contributed by atoms with Crippen molar-refractivity contribution in [1.82, 2.24) is 4.72 Å². The Kier molecular flexibility index (Phi) is 6.71. The number of methoxy groups -OCH3 is 1. The molecule has 0 unspecified atom stereocenters. The van der Waals surface area contributed by atoms with Crippen molar-refractivity contribution in [2.75, 3.05) is 13.7 Å². The summed E-state index contributed by atoms with van der Waals surface area (Å²) in [6, 6.07) is 18.1. The van der Waals surface area contributed by atoms with Gasteiger partial charge in [-0.1, -0.05) is 42.0 Å². The van der Waals surface area contributed by atoms with Crippen LogP contribution in [-0.2, 0) is 16.2 Å². The summed E-state index contributed by atoms with van der Waals surface area (Å²) >= 11 is 0. The lowest BCUT2D eigenvalue weighted by atomic mass is 9.91. The second-order valence-corrected chi connectivity index (χ2v) is 8.88. The van der Waals surface area contributed by atoms with Crippen molar-refractivity contribution in [2.24, 2.45) is 0 Å². The molecule has 4 nitrogen and oxygen atoms in total. The van der Waals surface area contributed by atoms with Crippen LogP contribution in [0.5, 0.6) is 5.75 Å². The fourth-order valence-corrected chi connectivity index (χ4v) is 4.21. The van der Waals surface area contributed by atoms with Crippen LogP contribution in [-0.4, -0.2) is 22.1 Å². The predicted octanol–water partition coefficient (Wildman–Crippen LogP) is 5.13. The maximum Gasteiger partial charge on any atom is 0.416 e. The van der Waals surface area contributed by atoms with Crippen molar-refractivity contribution in [3.63, 3.8) is 0 Å². The second-order valence-electron chi connectivity index (χ2n) is 7.11. The number of alkyl halides is 3. The number of rotatable bonds is 7. The molecule has 0 spiro atoms. The van der Waals surface area contributed by atoms with Gasteiger partial charge in [-0.05, 0) is 54.4 Å². The van der Waals surface area contributed by atoms with E-state index in [9.17, 15) is 21.6 Å². The van der Waals surface area contributed by atoms with E-state index in [0.717, 1.165) is 23.3 Å². The van der Waals surface area contributed by atoms with Crippen LogP contribution in [0.15, 0.2) is 77.7 Å².